The molecule has 196 valence electrons. The van der Waals surface area contributed by atoms with Crippen molar-refractivity contribution in [3.05, 3.63) is 71.9 Å². The first-order chi connectivity index (χ1) is 18.4. The topological polar surface area (TPSA) is 76.8 Å². The Morgan fingerprint density at radius 3 is 2.63 bits per heavy atom. The fraction of sp³-hybridized carbons (Fsp3) is 0.393. The fourth-order valence-corrected chi connectivity index (χ4v) is 6.37. The highest BCUT2D eigenvalue weighted by Gasteiger charge is 2.46. The van der Waals surface area contributed by atoms with Crippen LogP contribution in [0.3, 0.4) is 0 Å². The van der Waals surface area contributed by atoms with Gasteiger partial charge in [0.2, 0.25) is 5.95 Å². The van der Waals surface area contributed by atoms with E-state index in [4.69, 9.17) is 14.5 Å². The maximum Gasteiger partial charge on any atom is 0.387 e. The molecule has 2 bridgehead atoms. The summed E-state index contributed by atoms with van der Waals surface area (Å²) in [5, 5.41) is 3.51. The second-order valence-corrected chi connectivity index (χ2v) is 10.5. The quantitative estimate of drug-likeness (QED) is 0.407. The van der Waals surface area contributed by atoms with Gasteiger partial charge in [-0.05, 0) is 38.0 Å². The number of alkyl halides is 2. The summed E-state index contributed by atoms with van der Waals surface area (Å²) >= 11 is 0. The molecule has 1 aromatic carbocycles. The van der Waals surface area contributed by atoms with Crippen molar-refractivity contribution in [1.29, 1.82) is 0 Å². The van der Waals surface area contributed by atoms with Crippen LogP contribution in [0.4, 0.5) is 14.7 Å². The van der Waals surface area contributed by atoms with Gasteiger partial charge in [0.1, 0.15) is 17.0 Å². The van der Waals surface area contributed by atoms with E-state index in [9.17, 15) is 8.78 Å². The maximum atomic E-state index is 13.2. The minimum Gasteiger partial charge on any atom is -0.435 e. The molecular formula is C28H28F2N6O2. The molecule has 1 N–H and O–H groups in total. The van der Waals surface area contributed by atoms with Gasteiger partial charge in [0.25, 0.3) is 0 Å². The van der Waals surface area contributed by atoms with Crippen molar-refractivity contribution in [3.63, 3.8) is 0 Å². The minimum atomic E-state index is -2.91. The van der Waals surface area contributed by atoms with Gasteiger partial charge in [-0.1, -0.05) is 18.2 Å². The molecule has 10 heteroatoms. The van der Waals surface area contributed by atoms with Crippen LogP contribution >= 0.6 is 0 Å². The van der Waals surface area contributed by atoms with Crippen LogP contribution in [0.5, 0.6) is 5.75 Å². The van der Waals surface area contributed by atoms with Crippen molar-refractivity contribution in [2.45, 2.75) is 50.0 Å². The Balaban J connectivity index is 1.29. The maximum absolute atomic E-state index is 13.2. The van der Waals surface area contributed by atoms with Crippen LogP contribution < -0.4 is 15.0 Å². The molecule has 4 aromatic rings. The van der Waals surface area contributed by atoms with Gasteiger partial charge in [-0.25, -0.2) is 15.0 Å². The molecule has 5 heterocycles. The van der Waals surface area contributed by atoms with Crippen molar-refractivity contribution < 1.29 is 18.3 Å². The van der Waals surface area contributed by atoms with E-state index in [-0.39, 0.29) is 11.7 Å². The third-order valence-corrected chi connectivity index (χ3v) is 8.33. The van der Waals surface area contributed by atoms with Gasteiger partial charge in [-0.3, -0.25) is 0 Å². The van der Waals surface area contributed by atoms with Crippen LogP contribution in [0.1, 0.15) is 42.6 Å². The lowest BCUT2D eigenvalue weighted by Crippen LogP contribution is -2.44. The molecule has 2 fully saturated rings. The number of pyridine rings is 1. The Morgan fingerprint density at radius 1 is 1.11 bits per heavy atom. The molecule has 0 radical (unpaired) electrons. The summed E-state index contributed by atoms with van der Waals surface area (Å²) < 4.78 is 39.3. The average Bonchev–Trinajstić information content (AvgIpc) is 3.70. The third kappa shape index (κ3) is 3.65. The molecule has 0 saturated carbocycles. The summed E-state index contributed by atoms with van der Waals surface area (Å²) in [4.78, 5) is 16.6. The number of para-hydroxylation sites is 1. The highest BCUT2D eigenvalue weighted by molar-refractivity contribution is 5.65. The summed E-state index contributed by atoms with van der Waals surface area (Å²) in [6.45, 7) is 0.997. The third-order valence-electron chi connectivity index (χ3n) is 8.33. The SMILES string of the molecule is COC1(C)C[C@H](c2ccccc2OC(F)F)c2c1nc1ccc(-c3cnc(N4C[C@@H]5C[C@H]4CN5)nc3)cn21. The van der Waals surface area contributed by atoms with Crippen LogP contribution in [-0.2, 0) is 10.3 Å². The van der Waals surface area contributed by atoms with Crippen molar-refractivity contribution in [2.24, 2.45) is 0 Å². The predicted octanol–water partition coefficient (Wildman–Crippen LogP) is 4.34. The van der Waals surface area contributed by atoms with E-state index in [0.717, 1.165) is 53.6 Å². The standard InChI is InChI=1S/C28H28F2N6O2/c1-28(37-2)10-21(20-5-3-4-6-22(20)38-26(29)30)24-25(28)34-23-8-7-16(14-36(23)24)17-11-32-27(33-12-17)35-15-18-9-19(35)13-31-18/h3-8,11-12,14,18-19,21,26,31H,9-10,13,15H2,1-2H3/t18-,19-,21+,28?/m0/s1. The van der Waals surface area contributed by atoms with E-state index < -0.39 is 12.2 Å². The number of methoxy groups -OCH3 is 1. The molecule has 2 saturated heterocycles. The van der Waals surface area contributed by atoms with Crippen molar-refractivity contribution in [1.82, 2.24) is 24.7 Å². The number of hydrogen-bond acceptors (Lipinski definition) is 7. The molecule has 0 spiro atoms. The van der Waals surface area contributed by atoms with E-state index in [0.29, 0.717) is 24.1 Å². The number of halogens is 2. The molecule has 1 unspecified atom stereocenters. The Hall–Kier alpha value is -3.63. The first kappa shape index (κ1) is 23.5. The van der Waals surface area contributed by atoms with Gasteiger partial charge in [0, 0.05) is 73.5 Å². The number of ether oxygens (including phenoxy) is 2. The van der Waals surface area contributed by atoms with Crippen LogP contribution in [0, 0.1) is 0 Å². The monoisotopic (exact) mass is 518 g/mol. The fourth-order valence-electron chi connectivity index (χ4n) is 6.37. The second kappa shape index (κ2) is 8.71. The van der Waals surface area contributed by atoms with E-state index >= 15 is 0 Å². The van der Waals surface area contributed by atoms with Crippen LogP contribution in [0.25, 0.3) is 16.8 Å². The van der Waals surface area contributed by atoms with Crippen molar-refractivity contribution in [3.8, 4) is 16.9 Å². The molecule has 3 aromatic heterocycles. The summed E-state index contributed by atoms with van der Waals surface area (Å²) in [6.07, 6.45) is 7.45. The molecule has 7 rings (SSSR count). The Morgan fingerprint density at radius 2 is 1.92 bits per heavy atom. The molecule has 3 aliphatic rings. The predicted molar refractivity (Wildman–Crippen MR) is 138 cm³/mol. The summed E-state index contributed by atoms with van der Waals surface area (Å²) in [5.41, 5.74) is 4.33. The van der Waals surface area contributed by atoms with Gasteiger partial charge >= 0.3 is 6.61 Å². The van der Waals surface area contributed by atoms with Gasteiger partial charge < -0.3 is 24.1 Å². The lowest BCUT2D eigenvalue weighted by atomic mass is 9.92. The number of fused-ring (bicyclic) bond motifs is 5. The molecular weight excluding hydrogens is 490 g/mol. The number of rotatable bonds is 6. The van der Waals surface area contributed by atoms with E-state index in [1.54, 1.807) is 19.2 Å². The van der Waals surface area contributed by atoms with Gasteiger partial charge in [-0.2, -0.15) is 8.78 Å². The van der Waals surface area contributed by atoms with Crippen LogP contribution in [-0.4, -0.2) is 58.2 Å². The van der Waals surface area contributed by atoms with Gasteiger partial charge in [0.05, 0.1) is 11.4 Å². The molecule has 0 amide bonds. The minimum absolute atomic E-state index is 0.166. The van der Waals surface area contributed by atoms with Crippen LogP contribution in [0.15, 0.2) is 55.0 Å². The largest absolute Gasteiger partial charge is 0.435 e. The lowest BCUT2D eigenvalue weighted by molar-refractivity contribution is -0.0508. The van der Waals surface area contributed by atoms with Gasteiger partial charge in [0.15, 0.2) is 0 Å². The number of imidazole rings is 1. The highest BCUT2D eigenvalue weighted by Crippen LogP contribution is 2.51. The summed E-state index contributed by atoms with van der Waals surface area (Å²) in [5.74, 6) is 0.687. The molecule has 8 nitrogen and oxygen atoms in total. The van der Waals surface area contributed by atoms with Gasteiger partial charge in [-0.15, -0.1) is 0 Å². The Kier molecular flexibility index (Phi) is 5.38. The van der Waals surface area contributed by atoms with Crippen molar-refractivity contribution in [2.75, 3.05) is 25.1 Å². The van der Waals surface area contributed by atoms with E-state index in [2.05, 4.69) is 20.2 Å². The molecule has 38 heavy (non-hydrogen) atoms. The summed E-state index contributed by atoms with van der Waals surface area (Å²) in [6, 6.07) is 11.9. The van der Waals surface area contributed by atoms with Crippen LogP contribution in [0.2, 0.25) is 0 Å². The number of hydrogen-bond donors (Lipinski definition) is 1. The highest BCUT2D eigenvalue weighted by atomic mass is 19.3. The molecule has 4 atom stereocenters. The van der Waals surface area contributed by atoms with Crippen molar-refractivity contribution >= 4 is 11.6 Å². The zero-order chi connectivity index (χ0) is 26.0. The lowest BCUT2D eigenvalue weighted by Gasteiger charge is -2.27. The first-order valence-corrected chi connectivity index (χ1v) is 12.9. The number of anilines is 1. The number of benzene rings is 1. The zero-order valence-corrected chi connectivity index (χ0v) is 21.1. The smallest absolute Gasteiger partial charge is 0.387 e. The van der Waals surface area contributed by atoms with E-state index in [1.807, 2.05) is 54.2 Å². The Bertz CT molecular complexity index is 1510. The summed E-state index contributed by atoms with van der Waals surface area (Å²) in [7, 11) is 1.66. The number of nitrogens with one attached hydrogen (secondary N) is 1. The second-order valence-electron chi connectivity index (χ2n) is 10.5. The molecule has 1 aliphatic carbocycles. The normalized spacial score (nSPS) is 26.0. The molecule has 2 aliphatic heterocycles. The first-order valence-electron chi connectivity index (χ1n) is 12.9. The number of aromatic nitrogens is 4. The zero-order valence-electron chi connectivity index (χ0n) is 21.1. The number of nitrogens with zero attached hydrogens (tertiary/aromatic N) is 5. The Labute approximate surface area is 218 Å². The number of piperazine rings is 1. The average molecular weight is 519 g/mol. The van der Waals surface area contributed by atoms with E-state index in [1.165, 1.54) is 0 Å².